The van der Waals surface area contributed by atoms with Crippen molar-refractivity contribution < 1.29 is 19.1 Å². The highest BCUT2D eigenvalue weighted by Crippen LogP contribution is 2.29. The van der Waals surface area contributed by atoms with Crippen molar-refractivity contribution in [2.45, 2.75) is 45.4 Å². The molecule has 7 nitrogen and oxygen atoms in total. The zero-order valence-electron chi connectivity index (χ0n) is 20.5. The summed E-state index contributed by atoms with van der Waals surface area (Å²) in [5, 5.41) is 9.47. The summed E-state index contributed by atoms with van der Waals surface area (Å²) in [5.74, 6) is 0.0180. The van der Waals surface area contributed by atoms with Crippen LogP contribution >= 0.6 is 0 Å². The Morgan fingerprint density at radius 1 is 1.14 bits per heavy atom. The zero-order valence-corrected chi connectivity index (χ0v) is 20.5. The van der Waals surface area contributed by atoms with E-state index in [1.165, 1.54) is 5.56 Å². The summed E-state index contributed by atoms with van der Waals surface area (Å²) in [7, 11) is 0. The van der Waals surface area contributed by atoms with Crippen molar-refractivity contribution in [3.05, 3.63) is 64.7 Å². The van der Waals surface area contributed by atoms with Gasteiger partial charge in [0, 0.05) is 17.7 Å². The summed E-state index contributed by atoms with van der Waals surface area (Å²) in [6.07, 6.45) is 6.90. The lowest BCUT2D eigenvalue weighted by molar-refractivity contribution is -0.145. The molecule has 1 amide bonds. The van der Waals surface area contributed by atoms with Crippen molar-refractivity contribution in [2.24, 2.45) is 11.0 Å². The van der Waals surface area contributed by atoms with Gasteiger partial charge in [0.15, 0.2) is 0 Å². The normalized spacial score (nSPS) is 17.7. The van der Waals surface area contributed by atoms with Crippen LogP contribution in [0.25, 0.3) is 0 Å². The van der Waals surface area contributed by atoms with Crippen LogP contribution in [0.4, 0.5) is 5.69 Å². The molecule has 1 aliphatic carbocycles. The van der Waals surface area contributed by atoms with Gasteiger partial charge in [-0.05, 0) is 72.6 Å². The van der Waals surface area contributed by atoms with Crippen LogP contribution in [0.5, 0.6) is 0 Å². The zero-order chi connectivity index (χ0) is 24.5. The number of hydrogen-bond donors (Lipinski definition) is 1. The van der Waals surface area contributed by atoms with E-state index >= 15 is 0 Å². The van der Waals surface area contributed by atoms with Gasteiger partial charge in [-0.2, -0.15) is 5.10 Å². The summed E-state index contributed by atoms with van der Waals surface area (Å²) in [5.41, 5.74) is 4.77. The third-order valence-corrected chi connectivity index (χ3v) is 6.54. The highest BCUT2D eigenvalue weighted by atomic mass is 16.5. The molecule has 4 rings (SSSR count). The van der Waals surface area contributed by atoms with Crippen molar-refractivity contribution >= 4 is 23.8 Å². The number of rotatable bonds is 9. The Bertz CT molecular complexity index is 1030. The molecular weight excluding hydrogens is 442 g/mol. The van der Waals surface area contributed by atoms with Crippen LogP contribution in [-0.2, 0) is 27.1 Å². The van der Waals surface area contributed by atoms with E-state index in [2.05, 4.69) is 17.3 Å². The molecule has 2 aromatic carbocycles. The second-order valence-corrected chi connectivity index (χ2v) is 9.26. The maximum atomic E-state index is 12.9. The predicted octanol–water partition coefficient (Wildman–Crippen LogP) is 4.44. The number of benzene rings is 2. The number of nitrogens with zero attached hydrogens (tertiary/aromatic N) is 2. The Balaban J connectivity index is 1.31. The Morgan fingerprint density at radius 3 is 2.71 bits per heavy atom. The first kappa shape index (κ1) is 24.9. The predicted molar refractivity (Wildman–Crippen MR) is 137 cm³/mol. The Labute approximate surface area is 207 Å². The van der Waals surface area contributed by atoms with Crippen molar-refractivity contribution in [2.75, 3.05) is 38.2 Å². The van der Waals surface area contributed by atoms with E-state index in [4.69, 9.17) is 9.47 Å². The molecule has 0 radical (unpaired) electrons. The molecule has 1 saturated heterocycles. The van der Waals surface area contributed by atoms with Crippen molar-refractivity contribution in [1.29, 1.82) is 0 Å². The monoisotopic (exact) mass is 477 g/mol. The number of nitrogens with one attached hydrogen (secondary N) is 1. The number of carbonyl (C=O) groups excluding carboxylic acids is 2. The third kappa shape index (κ3) is 7.39. The number of amides is 1. The fraction of sp³-hybridized carbons (Fsp3) is 0.464. The summed E-state index contributed by atoms with van der Waals surface area (Å²) in [4.78, 5) is 25.0. The molecule has 2 aliphatic rings. The molecule has 1 aliphatic heterocycles. The highest BCUT2D eigenvalue weighted by Gasteiger charge is 2.23. The van der Waals surface area contributed by atoms with E-state index < -0.39 is 0 Å². The van der Waals surface area contributed by atoms with E-state index in [9.17, 15) is 9.59 Å². The topological polar surface area (TPSA) is 80.2 Å². The second-order valence-electron chi connectivity index (χ2n) is 9.26. The summed E-state index contributed by atoms with van der Waals surface area (Å²) >= 11 is 0. The Kier molecular flexibility index (Phi) is 8.90. The SMILES string of the molecule is CCCCOC(=O)CC1CCc2ccc(C(=O)Nc3ccc(C=NN4CCOCC4)cc3)cc2C1. The van der Waals surface area contributed by atoms with Crippen molar-refractivity contribution in [3.8, 4) is 0 Å². The molecule has 186 valence electrons. The van der Waals surface area contributed by atoms with Gasteiger partial charge in [-0.3, -0.25) is 14.6 Å². The minimum absolute atomic E-state index is 0.112. The lowest BCUT2D eigenvalue weighted by Crippen LogP contribution is -2.32. The van der Waals surface area contributed by atoms with Crippen molar-refractivity contribution in [3.63, 3.8) is 0 Å². The molecule has 0 saturated carbocycles. The standard InChI is InChI=1S/C28H35N3O4/c1-2-3-14-35-27(32)18-22-4-7-23-8-9-24(19-25(23)17-22)28(33)30-26-10-5-21(6-11-26)20-29-31-12-15-34-16-13-31/h5-6,8-11,19-20,22H,2-4,7,12-18H2,1H3,(H,30,33). The minimum Gasteiger partial charge on any atom is -0.466 e. The molecule has 0 aromatic heterocycles. The minimum atomic E-state index is -0.136. The Hall–Kier alpha value is -3.19. The van der Waals surface area contributed by atoms with Gasteiger partial charge < -0.3 is 14.8 Å². The van der Waals surface area contributed by atoms with E-state index in [1.807, 2.05) is 53.7 Å². The first-order valence-corrected chi connectivity index (χ1v) is 12.7. The fourth-order valence-electron chi connectivity index (χ4n) is 4.45. The van der Waals surface area contributed by atoms with Crippen molar-refractivity contribution in [1.82, 2.24) is 5.01 Å². The van der Waals surface area contributed by atoms with E-state index in [1.54, 1.807) is 0 Å². The number of aryl methyl sites for hydroxylation is 1. The molecule has 2 aromatic rings. The van der Waals surface area contributed by atoms with Crippen LogP contribution in [0, 0.1) is 5.92 Å². The van der Waals surface area contributed by atoms with Gasteiger partial charge in [-0.25, -0.2) is 0 Å². The van der Waals surface area contributed by atoms with Gasteiger partial charge in [-0.15, -0.1) is 0 Å². The van der Waals surface area contributed by atoms with E-state index in [-0.39, 0.29) is 17.8 Å². The smallest absolute Gasteiger partial charge is 0.306 e. The first-order chi connectivity index (χ1) is 17.1. The lowest BCUT2D eigenvalue weighted by Gasteiger charge is -2.24. The number of hydrogen-bond acceptors (Lipinski definition) is 6. The molecule has 1 unspecified atom stereocenters. The van der Waals surface area contributed by atoms with Crippen LogP contribution in [0.15, 0.2) is 47.6 Å². The number of morpholine rings is 1. The average Bonchev–Trinajstić information content (AvgIpc) is 2.88. The van der Waals surface area contributed by atoms with E-state index in [0.29, 0.717) is 31.8 Å². The Morgan fingerprint density at radius 2 is 1.94 bits per heavy atom. The van der Waals surface area contributed by atoms with Gasteiger partial charge in [0.1, 0.15) is 0 Å². The summed E-state index contributed by atoms with van der Waals surface area (Å²) < 4.78 is 10.7. The fourth-order valence-corrected chi connectivity index (χ4v) is 4.45. The number of hydrazone groups is 1. The molecule has 0 spiro atoms. The summed E-state index contributed by atoms with van der Waals surface area (Å²) in [6.45, 7) is 5.60. The van der Waals surface area contributed by atoms with Crippen LogP contribution in [-0.4, -0.2) is 56.0 Å². The lowest BCUT2D eigenvalue weighted by atomic mass is 9.81. The van der Waals surface area contributed by atoms with E-state index in [0.717, 1.165) is 62.0 Å². The van der Waals surface area contributed by atoms with Gasteiger partial charge in [0.25, 0.3) is 5.91 Å². The third-order valence-electron chi connectivity index (χ3n) is 6.54. The largest absolute Gasteiger partial charge is 0.466 e. The maximum Gasteiger partial charge on any atom is 0.306 e. The molecule has 0 bridgehead atoms. The number of carbonyl (C=O) groups is 2. The van der Waals surface area contributed by atoms with Gasteiger partial charge >= 0.3 is 5.97 Å². The molecule has 7 heteroatoms. The molecule has 35 heavy (non-hydrogen) atoms. The quantitative estimate of drug-likeness (QED) is 0.328. The molecule has 1 fully saturated rings. The number of anilines is 1. The van der Waals surface area contributed by atoms with Gasteiger partial charge in [0.2, 0.25) is 0 Å². The number of ether oxygens (including phenoxy) is 2. The molecule has 1 heterocycles. The number of unbranched alkanes of at least 4 members (excludes halogenated alkanes) is 1. The van der Waals surface area contributed by atoms with Crippen LogP contribution < -0.4 is 5.32 Å². The summed E-state index contributed by atoms with van der Waals surface area (Å²) in [6, 6.07) is 13.6. The molecule has 1 N–H and O–H groups in total. The molecular formula is C28H35N3O4. The van der Waals surface area contributed by atoms with Crippen LogP contribution in [0.2, 0.25) is 0 Å². The maximum absolute atomic E-state index is 12.9. The van der Waals surface area contributed by atoms with Gasteiger partial charge in [-0.1, -0.05) is 31.5 Å². The first-order valence-electron chi connectivity index (χ1n) is 12.7. The van der Waals surface area contributed by atoms with Gasteiger partial charge in [0.05, 0.1) is 39.1 Å². The highest BCUT2D eigenvalue weighted by molar-refractivity contribution is 6.04. The molecule has 1 atom stereocenters. The van der Waals surface area contributed by atoms with Crippen LogP contribution in [0.1, 0.15) is 59.7 Å². The average molecular weight is 478 g/mol. The second kappa shape index (κ2) is 12.5. The number of fused-ring (bicyclic) bond motifs is 1. The number of esters is 1. The van der Waals surface area contributed by atoms with Crippen LogP contribution in [0.3, 0.4) is 0 Å².